The van der Waals surface area contributed by atoms with Crippen molar-refractivity contribution < 1.29 is 8.78 Å². The van der Waals surface area contributed by atoms with Gasteiger partial charge in [0.15, 0.2) is 0 Å². The first-order valence-corrected chi connectivity index (χ1v) is 3.27. The number of aromatic nitrogens is 1. The van der Waals surface area contributed by atoms with Crippen LogP contribution in [0.4, 0.5) is 14.5 Å². The number of nitrogen functional groups attached to an aromatic ring is 1. The third-order valence-electron chi connectivity index (χ3n) is 1.51. The van der Waals surface area contributed by atoms with Crippen LogP contribution < -0.4 is 11.3 Å². The van der Waals surface area contributed by atoms with Crippen molar-refractivity contribution in [1.82, 2.24) is 4.98 Å². The van der Waals surface area contributed by atoms with E-state index in [1.807, 2.05) is 0 Å². The Morgan fingerprint density at radius 1 is 1.62 bits per heavy atom. The molecule has 0 spiro atoms. The number of aromatic amines is 1. The molecule has 3 N–H and O–H groups in total. The number of hydrogen-bond acceptors (Lipinski definition) is 3. The highest BCUT2D eigenvalue weighted by Crippen LogP contribution is 2.24. The molecule has 0 aliphatic rings. The fourth-order valence-electron chi connectivity index (χ4n) is 0.888. The summed E-state index contributed by atoms with van der Waals surface area (Å²) in [5.41, 5.74) is 2.66. The van der Waals surface area contributed by atoms with Gasteiger partial charge in [0.2, 0.25) is 0 Å². The molecule has 0 bridgehead atoms. The lowest BCUT2D eigenvalue weighted by Crippen LogP contribution is -2.15. The average molecular weight is 185 g/mol. The van der Waals surface area contributed by atoms with Crippen molar-refractivity contribution in [3.63, 3.8) is 0 Å². The van der Waals surface area contributed by atoms with Gasteiger partial charge in [-0.1, -0.05) is 0 Å². The summed E-state index contributed by atoms with van der Waals surface area (Å²) in [6.07, 6.45) is -2.00. The zero-order valence-corrected chi connectivity index (χ0v) is 6.34. The molecule has 4 nitrogen and oxygen atoms in total. The van der Waals surface area contributed by atoms with E-state index in [4.69, 9.17) is 11.0 Å². The van der Waals surface area contributed by atoms with Gasteiger partial charge in [0, 0.05) is 6.20 Å². The minimum Gasteiger partial charge on any atom is -0.394 e. The van der Waals surface area contributed by atoms with Gasteiger partial charge in [-0.3, -0.25) is 4.79 Å². The Bertz CT molecular complexity index is 419. The molecule has 0 radical (unpaired) electrons. The smallest absolute Gasteiger partial charge is 0.271 e. The van der Waals surface area contributed by atoms with Crippen LogP contribution in [0.25, 0.3) is 0 Å². The first-order chi connectivity index (χ1) is 6.07. The zero-order chi connectivity index (χ0) is 10.0. The van der Waals surface area contributed by atoms with E-state index in [-0.39, 0.29) is 5.56 Å². The molecule has 6 heteroatoms. The maximum atomic E-state index is 12.3. The molecule has 0 fully saturated rings. The first kappa shape index (κ1) is 9.19. The van der Waals surface area contributed by atoms with Crippen molar-refractivity contribution in [2.45, 2.75) is 6.43 Å². The van der Waals surface area contributed by atoms with Crippen LogP contribution in [0.3, 0.4) is 0 Å². The Morgan fingerprint density at radius 2 is 2.23 bits per heavy atom. The Hall–Kier alpha value is -1.90. The summed E-state index contributed by atoms with van der Waals surface area (Å²) in [7, 11) is 0. The number of pyridine rings is 1. The van der Waals surface area contributed by atoms with E-state index in [9.17, 15) is 13.6 Å². The number of alkyl halides is 2. The predicted molar refractivity (Wildman–Crippen MR) is 41.1 cm³/mol. The Morgan fingerprint density at radius 3 is 2.69 bits per heavy atom. The molecule has 0 aliphatic heterocycles. The van der Waals surface area contributed by atoms with E-state index in [1.54, 1.807) is 0 Å². The van der Waals surface area contributed by atoms with Gasteiger partial charge in [-0.05, 0) is 0 Å². The molecule has 0 saturated carbocycles. The number of H-pyrrole nitrogens is 1. The number of nitrogens with zero attached hydrogens (tertiary/aromatic N) is 1. The van der Waals surface area contributed by atoms with Crippen molar-refractivity contribution in [1.29, 1.82) is 5.26 Å². The molecule has 0 unspecified atom stereocenters. The molecular weight excluding hydrogens is 180 g/mol. The summed E-state index contributed by atoms with van der Waals surface area (Å²) in [6, 6.07) is 1.51. The van der Waals surface area contributed by atoms with Gasteiger partial charge in [-0.25, -0.2) is 8.78 Å². The summed E-state index contributed by atoms with van der Waals surface area (Å²) in [5, 5.41) is 8.42. The van der Waals surface area contributed by atoms with E-state index in [1.165, 1.54) is 6.07 Å². The summed E-state index contributed by atoms with van der Waals surface area (Å²) >= 11 is 0. The van der Waals surface area contributed by atoms with Gasteiger partial charge in [0.1, 0.15) is 11.8 Å². The van der Waals surface area contributed by atoms with E-state index in [0.717, 1.165) is 6.20 Å². The maximum Gasteiger partial charge on any atom is 0.271 e. The van der Waals surface area contributed by atoms with Crippen LogP contribution in [0.5, 0.6) is 0 Å². The molecule has 1 rings (SSSR count). The number of nitrogens with one attached hydrogen (secondary N) is 1. The molecule has 13 heavy (non-hydrogen) atoms. The number of nitrogens with two attached hydrogens (primary N) is 1. The van der Waals surface area contributed by atoms with Gasteiger partial charge < -0.3 is 10.7 Å². The van der Waals surface area contributed by atoms with E-state index in [0.29, 0.717) is 0 Å². The Labute approximate surface area is 71.6 Å². The van der Waals surface area contributed by atoms with Crippen LogP contribution >= 0.6 is 0 Å². The average Bonchev–Trinajstić information content (AvgIpc) is 2.08. The Balaban J connectivity index is 3.53. The van der Waals surface area contributed by atoms with Gasteiger partial charge >= 0.3 is 0 Å². The number of anilines is 1. The minimum absolute atomic E-state index is 0.313. The number of nitriles is 1. The topological polar surface area (TPSA) is 82.7 Å². The van der Waals surface area contributed by atoms with Crippen LogP contribution in [0.1, 0.15) is 17.6 Å². The highest BCUT2D eigenvalue weighted by Gasteiger charge is 2.18. The summed E-state index contributed by atoms with van der Waals surface area (Å²) in [4.78, 5) is 12.9. The lowest BCUT2D eigenvalue weighted by Gasteiger charge is -2.04. The normalized spacial score (nSPS) is 10.0. The minimum atomic E-state index is -2.92. The van der Waals surface area contributed by atoms with Gasteiger partial charge in [0.25, 0.3) is 12.0 Å². The standard InChI is InChI=1S/C7H5F2N3O/c8-6(9)4-3(1-10)2-12-7(13)5(4)11/h2,6H,11H2,(H,12,13). The quantitative estimate of drug-likeness (QED) is 0.677. The van der Waals surface area contributed by atoms with Crippen molar-refractivity contribution in [2.24, 2.45) is 0 Å². The number of halogens is 2. The maximum absolute atomic E-state index is 12.3. The van der Waals surface area contributed by atoms with Crippen LogP contribution in [0, 0.1) is 11.3 Å². The zero-order valence-electron chi connectivity index (χ0n) is 6.34. The van der Waals surface area contributed by atoms with Gasteiger partial charge in [-0.2, -0.15) is 5.26 Å². The van der Waals surface area contributed by atoms with Crippen LogP contribution in [-0.4, -0.2) is 4.98 Å². The second-order valence-corrected chi connectivity index (χ2v) is 2.27. The molecule has 1 heterocycles. The highest BCUT2D eigenvalue weighted by atomic mass is 19.3. The van der Waals surface area contributed by atoms with Crippen molar-refractivity contribution in [2.75, 3.05) is 5.73 Å². The van der Waals surface area contributed by atoms with Crippen LogP contribution in [-0.2, 0) is 0 Å². The fraction of sp³-hybridized carbons (Fsp3) is 0.143. The molecular formula is C7H5F2N3O. The lowest BCUT2D eigenvalue weighted by atomic mass is 10.1. The predicted octanol–water partition coefficient (Wildman–Crippen LogP) is 0.766. The summed E-state index contributed by atoms with van der Waals surface area (Å²) in [6.45, 7) is 0. The number of rotatable bonds is 1. The molecule has 0 amide bonds. The SMILES string of the molecule is N#Cc1c[nH]c(=O)c(N)c1C(F)F. The summed E-state index contributed by atoms with van der Waals surface area (Å²) in [5.74, 6) is 0. The third-order valence-corrected chi connectivity index (χ3v) is 1.51. The van der Waals surface area contributed by atoms with E-state index >= 15 is 0 Å². The van der Waals surface area contributed by atoms with Crippen molar-refractivity contribution in [3.05, 3.63) is 27.7 Å². The molecule has 68 valence electrons. The fourth-order valence-corrected chi connectivity index (χ4v) is 0.888. The van der Waals surface area contributed by atoms with E-state index < -0.39 is 23.2 Å². The van der Waals surface area contributed by atoms with Crippen molar-refractivity contribution in [3.8, 4) is 6.07 Å². The molecule has 0 aliphatic carbocycles. The molecule has 0 aromatic carbocycles. The molecule has 1 aromatic heterocycles. The van der Waals surface area contributed by atoms with Gasteiger partial charge in [-0.15, -0.1) is 0 Å². The van der Waals surface area contributed by atoms with Crippen LogP contribution in [0.15, 0.2) is 11.0 Å². The largest absolute Gasteiger partial charge is 0.394 e. The van der Waals surface area contributed by atoms with Gasteiger partial charge in [0.05, 0.1) is 11.1 Å². The monoisotopic (exact) mass is 185 g/mol. The molecule has 1 aromatic rings. The lowest BCUT2D eigenvalue weighted by molar-refractivity contribution is 0.151. The van der Waals surface area contributed by atoms with Crippen LogP contribution in [0.2, 0.25) is 0 Å². The second-order valence-electron chi connectivity index (χ2n) is 2.27. The third kappa shape index (κ3) is 1.49. The molecule has 0 saturated heterocycles. The second kappa shape index (κ2) is 3.23. The first-order valence-electron chi connectivity index (χ1n) is 3.27. The summed E-state index contributed by atoms with van der Waals surface area (Å²) < 4.78 is 24.5. The molecule has 0 atom stereocenters. The van der Waals surface area contributed by atoms with Crippen molar-refractivity contribution >= 4 is 5.69 Å². The highest BCUT2D eigenvalue weighted by molar-refractivity contribution is 5.53. The number of hydrogen-bond donors (Lipinski definition) is 2. The Kier molecular flexibility index (Phi) is 2.28. The van der Waals surface area contributed by atoms with E-state index in [2.05, 4.69) is 4.98 Å².